The fourth-order valence-electron chi connectivity index (χ4n) is 3.22. The van der Waals surface area contributed by atoms with Gasteiger partial charge in [0.1, 0.15) is 6.04 Å². The van der Waals surface area contributed by atoms with Crippen molar-refractivity contribution in [1.29, 1.82) is 0 Å². The van der Waals surface area contributed by atoms with E-state index in [1.54, 1.807) is 0 Å². The van der Waals surface area contributed by atoms with Crippen LogP contribution in [0.3, 0.4) is 0 Å². The van der Waals surface area contributed by atoms with E-state index in [1.165, 1.54) is 0 Å². The van der Waals surface area contributed by atoms with Crippen LogP contribution in [0.4, 0.5) is 11.5 Å². The minimum absolute atomic E-state index is 0.0903. The van der Waals surface area contributed by atoms with Gasteiger partial charge >= 0.3 is 0 Å². The first kappa shape index (κ1) is 23.6. The predicted molar refractivity (Wildman–Crippen MR) is 136 cm³/mol. The third kappa shape index (κ3) is 6.48. The van der Waals surface area contributed by atoms with Gasteiger partial charge < -0.3 is 21.7 Å². The number of nitrogens with one attached hydrogen (secondary N) is 3. The lowest BCUT2D eigenvalue weighted by Crippen LogP contribution is -2.39. The van der Waals surface area contributed by atoms with Gasteiger partial charge in [0.2, 0.25) is 5.91 Å². The van der Waals surface area contributed by atoms with Crippen molar-refractivity contribution in [3.05, 3.63) is 78.4 Å². The fraction of sp³-hybridized carbons (Fsp3) is 0.280. The number of rotatable bonds is 10. The first-order valence-corrected chi connectivity index (χ1v) is 11.4. The van der Waals surface area contributed by atoms with Gasteiger partial charge in [0.05, 0.1) is 17.4 Å². The Balaban J connectivity index is 1.77. The molecule has 6 nitrogen and oxygen atoms in total. The molecule has 0 spiro atoms. The molecule has 7 heteroatoms. The van der Waals surface area contributed by atoms with Gasteiger partial charge in [0.15, 0.2) is 5.82 Å². The van der Waals surface area contributed by atoms with Gasteiger partial charge in [-0.3, -0.25) is 4.79 Å². The van der Waals surface area contributed by atoms with Crippen molar-refractivity contribution in [2.24, 2.45) is 5.73 Å². The summed E-state index contributed by atoms with van der Waals surface area (Å²) in [6.45, 7) is 4.35. The lowest BCUT2D eigenvalue weighted by atomic mass is 10.1. The molecule has 2 aromatic carbocycles. The van der Waals surface area contributed by atoms with Crippen molar-refractivity contribution in [2.75, 3.05) is 22.9 Å². The number of pyridine rings is 1. The molecule has 0 radical (unpaired) electrons. The number of hydrogen-bond donors (Lipinski definition) is 5. The molecule has 168 valence electrons. The van der Waals surface area contributed by atoms with E-state index < -0.39 is 6.04 Å². The molecule has 1 amide bonds. The first-order valence-electron chi connectivity index (χ1n) is 10.8. The average Bonchev–Trinajstić information content (AvgIpc) is 2.83. The van der Waals surface area contributed by atoms with Crippen molar-refractivity contribution in [3.8, 4) is 11.3 Å². The number of amides is 1. The molecule has 0 aliphatic carbocycles. The fourth-order valence-corrected chi connectivity index (χ4v) is 3.35. The van der Waals surface area contributed by atoms with Crippen LogP contribution in [0.15, 0.2) is 72.8 Å². The van der Waals surface area contributed by atoms with E-state index >= 15 is 0 Å². The largest absolute Gasteiger partial charge is 0.380 e. The average molecular weight is 450 g/mol. The molecule has 3 rings (SSSR count). The SMILES string of the molecule is CC(NC(=O)[C@H](C)Nc1nc(-c2ccccc2)ccc1NCC(N)CS)c1ccccc1. The molecule has 32 heavy (non-hydrogen) atoms. The van der Waals surface area contributed by atoms with E-state index in [2.05, 4.69) is 28.6 Å². The lowest BCUT2D eigenvalue weighted by Gasteiger charge is -2.21. The summed E-state index contributed by atoms with van der Waals surface area (Å²) in [5.41, 5.74) is 9.68. The Morgan fingerprint density at radius 2 is 1.66 bits per heavy atom. The Labute approximate surface area is 195 Å². The quantitative estimate of drug-likeness (QED) is 0.301. The molecule has 3 aromatic rings. The molecule has 0 bridgehead atoms. The molecule has 0 aliphatic heterocycles. The van der Waals surface area contributed by atoms with Gasteiger partial charge in [-0.15, -0.1) is 0 Å². The third-order valence-corrected chi connectivity index (χ3v) is 5.63. The van der Waals surface area contributed by atoms with Crippen LogP contribution < -0.4 is 21.7 Å². The molecule has 0 saturated heterocycles. The minimum atomic E-state index is -0.487. The number of nitrogens with zero attached hydrogens (tertiary/aromatic N) is 1. The maximum absolute atomic E-state index is 12.9. The molecular formula is C25H31N5OS. The van der Waals surface area contributed by atoms with E-state index in [-0.39, 0.29) is 18.0 Å². The molecule has 1 heterocycles. The van der Waals surface area contributed by atoms with Crippen molar-refractivity contribution < 1.29 is 4.79 Å². The van der Waals surface area contributed by atoms with Gasteiger partial charge in [0, 0.05) is 23.9 Å². The van der Waals surface area contributed by atoms with Crippen LogP contribution in [0.25, 0.3) is 11.3 Å². The normalized spacial score (nSPS) is 13.6. The summed E-state index contributed by atoms with van der Waals surface area (Å²) in [5.74, 6) is 1.07. The summed E-state index contributed by atoms with van der Waals surface area (Å²) in [4.78, 5) is 17.7. The number of aromatic nitrogens is 1. The number of carbonyl (C=O) groups is 1. The van der Waals surface area contributed by atoms with Crippen LogP contribution >= 0.6 is 12.6 Å². The van der Waals surface area contributed by atoms with Crippen LogP contribution in [0.5, 0.6) is 0 Å². The van der Waals surface area contributed by atoms with Crippen molar-refractivity contribution in [3.63, 3.8) is 0 Å². The van der Waals surface area contributed by atoms with Crippen LogP contribution in [0, 0.1) is 0 Å². The molecule has 3 atom stereocenters. The Bertz CT molecular complexity index is 1000. The lowest BCUT2D eigenvalue weighted by molar-refractivity contribution is -0.122. The van der Waals surface area contributed by atoms with Crippen LogP contribution in [0.1, 0.15) is 25.5 Å². The van der Waals surface area contributed by atoms with Gasteiger partial charge in [-0.25, -0.2) is 4.98 Å². The van der Waals surface area contributed by atoms with E-state index in [0.29, 0.717) is 18.1 Å². The maximum Gasteiger partial charge on any atom is 0.242 e. The second-order valence-corrected chi connectivity index (χ2v) is 8.15. The monoisotopic (exact) mass is 449 g/mol. The van der Waals surface area contributed by atoms with Crippen molar-refractivity contribution in [1.82, 2.24) is 10.3 Å². The van der Waals surface area contributed by atoms with Gasteiger partial charge in [-0.05, 0) is 31.5 Å². The van der Waals surface area contributed by atoms with E-state index in [1.807, 2.05) is 86.6 Å². The highest BCUT2D eigenvalue weighted by Crippen LogP contribution is 2.26. The van der Waals surface area contributed by atoms with Crippen molar-refractivity contribution in [2.45, 2.75) is 32.0 Å². The maximum atomic E-state index is 12.9. The first-order chi connectivity index (χ1) is 15.5. The number of hydrogen-bond acceptors (Lipinski definition) is 6. The minimum Gasteiger partial charge on any atom is -0.380 e. The molecule has 1 aromatic heterocycles. The van der Waals surface area contributed by atoms with Crippen molar-refractivity contribution >= 4 is 30.0 Å². The zero-order valence-corrected chi connectivity index (χ0v) is 19.3. The standard InChI is InChI=1S/C25H31N5OS/c1-17(19-9-5-3-6-10-19)29-25(31)18(2)28-24-23(27-15-21(26)16-32)14-13-22(30-24)20-11-7-4-8-12-20/h3-14,17-18,21,27,32H,15-16,26H2,1-2H3,(H,28,30)(H,29,31)/t17?,18-,21?/m0/s1. The Hall–Kier alpha value is -3.03. The van der Waals surface area contributed by atoms with E-state index in [4.69, 9.17) is 10.7 Å². The highest BCUT2D eigenvalue weighted by Gasteiger charge is 2.18. The number of benzene rings is 2. The third-order valence-electron chi connectivity index (χ3n) is 5.16. The highest BCUT2D eigenvalue weighted by molar-refractivity contribution is 7.80. The van der Waals surface area contributed by atoms with E-state index in [0.717, 1.165) is 22.5 Å². The summed E-state index contributed by atoms with van der Waals surface area (Å²) < 4.78 is 0. The molecule has 0 aliphatic rings. The number of thiol groups is 1. The number of carbonyl (C=O) groups excluding carboxylic acids is 1. The summed E-state index contributed by atoms with van der Waals surface area (Å²) >= 11 is 4.25. The van der Waals surface area contributed by atoms with Crippen LogP contribution in [-0.4, -0.2) is 35.3 Å². The highest BCUT2D eigenvalue weighted by atomic mass is 32.1. The topological polar surface area (TPSA) is 92.1 Å². The summed E-state index contributed by atoms with van der Waals surface area (Å²) in [6, 6.07) is 23.1. The Kier molecular flexibility index (Phi) is 8.53. The molecule has 5 N–H and O–H groups in total. The van der Waals surface area contributed by atoms with Gasteiger partial charge in [0.25, 0.3) is 0 Å². The molecular weight excluding hydrogens is 418 g/mol. The van der Waals surface area contributed by atoms with Crippen LogP contribution in [0.2, 0.25) is 0 Å². The van der Waals surface area contributed by atoms with E-state index in [9.17, 15) is 4.79 Å². The molecule has 2 unspecified atom stereocenters. The predicted octanol–water partition coefficient (Wildman–Crippen LogP) is 4.10. The van der Waals surface area contributed by atoms with Crippen LogP contribution in [-0.2, 0) is 4.79 Å². The summed E-state index contributed by atoms with van der Waals surface area (Å²) in [7, 11) is 0. The number of anilines is 2. The van der Waals surface area contributed by atoms with Gasteiger partial charge in [-0.2, -0.15) is 12.6 Å². The smallest absolute Gasteiger partial charge is 0.242 e. The molecule has 0 fully saturated rings. The zero-order valence-electron chi connectivity index (χ0n) is 18.5. The Morgan fingerprint density at radius 1 is 1.00 bits per heavy atom. The number of nitrogens with two attached hydrogens (primary N) is 1. The van der Waals surface area contributed by atoms with Gasteiger partial charge in [-0.1, -0.05) is 60.7 Å². The molecule has 0 saturated carbocycles. The summed E-state index contributed by atoms with van der Waals surface area (Å²) in [6.07, 6.45) is 0. The summed E-state index contributed by atoms with van der Waals surface area (Å²) in [5, 5.41) is 9.66. The second kappa shape index (κ2) is 11.5. The zero-order chi connectivity index (χ0) is 22.9. The Morgan fingerprint density at radius 3 is 2.31 bits per heavy atom. The second-order valence-electron chi connectivity index (χ2n) is 7.79.